The fourth-order valence-corrected chi connectivity index (χ4v) is 2.69. The Morgan fingerprint density at radius 1 is 1.14 bits per heavy atom. The van der Waals surface area contributed by atoms with Gasteiger partial charge in [0.15, 0.2) is 0 Å². The number of rotatable bonds is 5. The highest BCUT2D eigenvalue weighted by atomic mass is 35.5. The van der Waals surface area contributed by atoms with Crippen molar-refractivity contribution < 1.29 is 9.59 Å². The van der Waals surface area contributed by atoms with E-state index in [-0.39, 0.29) is 30.3 Å². The largest absolute Gasteiger partial charge is 0.350 e. The van der Waals surface area contributed by atoms with Gasteiger partial charge in [0.25, 0.3) is 0 Å². The molecule has 5 nitrogen and oxygen atoms in total. The molecule has 0 spiro atoms. The number of carbonyl (C=O) groups is 2. The van der Waals surface area contributed by atoms with E-state index in [2.05, 4.69) is 10.6 Å². The maximum atomic E-state index is 12.2. The van der Waals surface area contributed by atoms with Gasteiger partial charge in [-0.3, -0.25) is 9.59 Å². The normalized spacial score (nSPS) is 18.8. The summed E-state index contributed by atoms with van der Waals surface area (Å²) >= 11 is 0. The van der Waals surface area contributed by atoms with Crippen molar-refractivity contribution in [1.82, 2.24) is 10.6 Å². The lowest BCUT2D eigenvalue weighted by Gasteiger charge is -2.31. The summed E-state index contributed by atoms with van der Waals surface area (Å²) in [6.45, 7) is 7.66. The van der Waals surface area contributed by atoms with Crippen molar-refractivity contribution in [2.75, 3.05) is 6.54 Å². The highest BCUT2D eigenvalue weighted by Gasteiger charge is 2.28. The predicted octanol–water partition coefficient (Wildman–Crippen LogP) is 1.98. The van der Waals surface area contributed by atoms with Crippen molar-refractivity contribution in [2.24, 2.45) is 17.1 Å². The van der Waals surface area contributed by atoms with E-state index >= 15 is 0 Å². The van der Waals surface area contributed by atoms with Gasteiger partial charge in [-0.15, -0.1) is 12.4 Å². The van der Waals surface area contributed by atoms with Crippen LogP contribution in [0.15, 0.2) is 0 Å². The van der Waals surface area contributed by atoms with Crippen LogP contribution in [0.1, 0.15) is 59.8 Å². The Balaban J connectivity index is 0.00000441. The van der Waals surface area contributed by atoms with Gasteiger partial charge >= 0.3 is 0 Å². The Kier molecular flexibility index (Phi) is 9.01. The van der Waals surface area contributed by atoms with Crippen LogP contribution in [0.25, 0.3) is 0 Å². The fourth-order valence-electron chi connectivity index (χ4n) is 2.69. The van der Waals surface area contributed by atoms with Crippen LogP contribution in [0, 0.1) is 11.3 Å². The van der Waals surface area contributed by atoms with Crippen molar-refractivity contribution in [3.05, 3.63) is 0 Å². The van der Waals surface area contributed by atoms with Gasteiger partial charge in [-0.05, 0) is 25.7 Å². The Bertz CT molecular complexity index is 363. The molecule has 2 unspecified atom stereocenters. The molecule has 0 radical (unpaired) electrons. The van der Waals surface area contributed by atoms with E-state index in [4.69, 9.17) is 5.73 Å². The third-order valence-corrected chi connectivity index (χ3v) is 4.22. The first-order valence-electron chi connectivity index (χ1n) is 8.07. The van der Waals surface area contributed by atoms with E-state index in [1.165, 1.54) is 19.3 Å². The molecular weight excluding hydrogens is 302 g/mol. The average molecular weight is 334 g/mol. The van der Waals surface area contributed by atoms with Gasteiger partial charge in [-0.1, -0.05) is 40.0 Å². The molecule has 1 rings (SSSR count). The number of carbonyl (C=O) groups excluding carboxylic acids is 2. The number of halogens is 1. The molecule has 2 atom stereocenters. The molecule has 22 heavy (non-hydrogen) atoms. The number of hydrogen-bond acceptors (Lipinski definition) is 3. The van der Waals surface area contributed by atoms with Gasteiger partial charge < -0.3 is 16.4 Å². The van der Waals surface area contributed by atoms with Crippen LogP contribution in [0.5, 0.6) is 0 Å². The molecule has 0 saturated heterocycles. The predicted molar refractivity (Wildman–Crippen MR) is 91.9 cm³/mol. The molecule has 2 amide bonds. The molecule has 0 aromatic heterocycles. The number of hydrogen-bond donors (Lipinski definition) is 3. The second-order valence-electron chi connectivity index (χ2n) is 7.19. The quantitative estimate of drug-likeness (QED) is 0.719. The topological polar surface area (TPSA) is 84.2 Å². The van der Waals surface area contributed by atoms with Crippen LogP contribution in [0.2, 0.25) is 0 Å². The van der Waals surface area contributed by atoms with Crippen LogP contribution in [-0.4, -0.2) is 30.4 Å². The second-order valence-corrected chi connectivity index (χ2v) is 7.19. The van der Waals surface area contributed by atoms with Crippen molar-refractivity contribution in [3.8, 4) is 0 Å². The second kappa shape index (κ2) is 9.36. The van der Waals surface area contributed by atoms with E-state index in [0.29, 0.717) is 12.5 Å². The number of nitrogens with two attached hydrogens (primary N) is 1. The third kappa shape index (κ3) is 6.53. The summed E-state index contributed by atoms with van der Waals surface area (Å²) < 4.78 is 0. The SMILES string of the molecule is CC(NC(=O)C(C)(C)C)C(=O)NC(CN)C1CCCCC1.Cl. The molecule has 1 aliphatic rings. The molecule has 6 heteroatoms. The Hall–Kier alpha value is -0.810. The van der Waals surface area contributed by atoms with E-state index in [1.807, 2.05) is 20.8 Å². The molecule has 0 bridgehead atoms. The molecule has 130 valence electrons. The zero-order valence-corrected chi connectivity index (χ0v) is 15.1. The Morgan fingerprint density at radius 3 is 2.14 bits per heavy atom. The molecule has 1 saturated carbocycles. The molecule has 0 aliphatic heterocycles. The lowest BCUT2D eigenvalue weighted by Crippen LogP contribution is -2.53. The van der Waals surface area contributed by atoms with Gasteiger partial charge in [0, 0.05) is 18.0 Å². The van der Waals surface area contributed by atoms with Crippen LogP contribution in [-0.2, 0) is 9.59 Å². The maximum absolute atomic E-state index is 12.2. The Morgan fingerprint density at radius 2 is 1.68 bits per heavy atom. The molecule has 1 aliphatic carbocycles. The van der Waals surface area contributed by atoms with Crippen LogP contribution in [0.3, 0.4) is 0 Å². The van der Waals surface area contributed by atoms with E-state index in [9.17, 15) is 9.59 Å². The van der Waals surface area contributed by atoms with Crippen molar-refractivity contribution in [2.45, 2.75) is 71.9 Å². The minimum Gasteiger partial charge on any atom is -0.350 e. The minimum absolute atomic E-state index is 0. The third-order valence-electron chi connectivity index (χ3n) is 4.22. The van der Waals surface area contributed by atoms with Crippen LogP contribution in [0.4, 0.5) is 0 Å². The highest BCUT2D eigenvalue weighted by molar-refractivity contribution is 5.89. The molecule has 0 aromatic carbocycles. The smallest absolute Gasteiger partial charge is 0.242 e. The zero-order chi connectivity index (χ0) is 16.0. The van der Waals surface area contributed by atoms with E-state index < -0.39 is 11.5 Å². The van der Waals surface area contributed by atoms with E-state index in [1.54, 1.807) is 6.92 Å². The summed E-state index contributed by atoms with van der Waals surface area (Å²) in [5.74, 6) is 0.207. The van der Waals surface area contributed by atoms with Crippen LogP contribution < -0.4 is 16.4 Å². The Labute approximate surface area is 140 Å². The van der Waals surface area contributed by atoms with Gasteiger partial charge in [0.2, 0.25) is 11.8 Å². The van der Waals surface area contributed by atoms with E-state index in [0.717, 1.165) is 12.8 Å². The summed E-state index contributed by atoms with van der Waals surface area (Å²) in [6, 6.07) is -0.513. The van der Waals surface area contributed by atoms with Crippen molar-refractivity contribution >= 4 is 24.2 Å². The van der Waals surface area contributed by atoms with Gasteiger partial charge in [0.1, 0.15) is 6.04 Å². The summed E-state index contributed by atoms with van der Waals surface area (Å²) in [7, 11) is 0. The van der Waals surface area contributed by atoms with Crippen LogP contribution >= 0.6 is 12.4 Å². The fraction of sp³-hybridized carbons (Fsp3) is 0.875. The summed E-state index contributed by atoms with van der Waals surface area (Å²) in [5.41, 5.74) is 5.33. The molecule has 0 heterocycles. The van der Waals surface area contributed by atoms with Crippen molar-refractivity contribution in [3.63, 3.8) is 0 Å². The van der Waals surface area contributed by atoms with Gasteiger partial charge in [-0.25, -0.2) is 0 Å². The van der Waals surface area contributed by atoms with Gasteiger partial charge in [0.05, 0.1) is 0 Å². The standard InChI is InChI=1S/C16H31N3O2.ClH/c1-11(18-15(21)16(2,3)4)14(20)19-13(10-17)12-8-6-5-7-9-12;/h11-13H,5-10,17H2,1-4H3,(H,18,21)(H,19,20);1H. The lowest BCUT2D eigenvalue weighted by molar-refractivity contribution is -0.133. The maximum Gasteiger partial charge on any atom is 0.242 e. The molecule has 4 N–H and O–H groups in total. The molecular formula is C16H32ClN3O2. The average Bonchev–Trinajstić information content (AvgIpc) is 2.44. The van der Waals surface area contributed by atoms with Crippen molar-refractivity contribution in [1.29, 1.82) is 0 Å². The summed E-state index contributed by atoms with van der Waals surface area (Å²) in [4.78, 5) is 24.2. The first-order chi connectivity index (χ1) is 9.75. The monoisotopic (exact) mass is 333 g/mol. The first kappa shape index (κ1) is 21.2. The lowest BCUT2D eigenvalue weighted by atomic mass is 9.84. The summed E-state index contributed by atoms with van der Waals surface area (Å²) in [6.07, 6.45) is 5.97. The zero-order valence-electron chi connectivity index (χ0n) is 14.3. The summed E-state index contributed by atoms with van der Waals surface area (Å²) in [5, 5.41) is 5.77. The first-order valence-corrected chi connectivity index (χ1v) is 8.07. The highest BCUT2D eigenvalue weighted by Crippen LogP contribution is 2.26. The minimum atomic E-state index is -0.533. The number of amides is 2. The van der Waals surface area contributed by atoms with Gasteiger partial charge in [-0.2, -0.15) is 0 Å². The molecule has 0 aromatic rings. The molecule has 1 fully saturated rings. The number of nitrogens with one attached hydrogen (secondary N) is 2.